The highest BCUT2D eigenvalue weighted by atomic mass is 16.5. The van der Waals surface area contributed by atoms with E-state index in [-0.39, 0.29) is 12.7 Å². The molecule has 4 heteroatoms. The predicted octanol–water partition coefficient (Wildman–Crippen LogP) is 3.14. The number of likely N-dealkylation sites (N-methyl/N-ethyl adjacent to an activating group) is 1. The lowest BCUT2D eigenvalue weighted by molar-refractivity contribution is -0.893. The SMILES string of the molecule is CCCCCCCCCCCC[N+](C)(C)CC(C)OCC(=O)[O-]. The molecule has 138 valence electrons. The Morgan fingerprint density at radius 2 is 1.43 bits per heavy atom. The maximum absolute atomic E-state index is 10.4. The number of hydrogen-bond acceptors (Lipinski definition) is 3. The van der Waals surface area contributed by atoms with Crippen molar-refractivity contribution in [3.05, 3.63) is 0 Å². The first-order valence-electron chi connectivity index (χ1n) is 9.51. The molecule has 0 aromatic carbocycles. The highest BCUT2D eigenvalue weighted by Crippen LogP contribution is 2.12. The Morgan fingerprint density at radius 1 is 0.957 bits per heavy atom. The average molecular weight is 330 g/mol. The molecule has 0 aromatic rings. The van der Waals surface area contributed by atoms with Crippen LogP contribution in [0.2, 0.25) is 0 Å². The molecule has 0 saturated carbocycles. The zero-order chi connectivity index (χ0) is 17.6. The lowest BCUT2D eigenvalue weighted by atomic mass is 10.1. The monoisotopic (exact) mass is 329 g/mol. The van der Waals surface area contributed by atoms with Gasteiger partial charge in [-0.3, -0.25) is 0 Å². The minimum absolute atomic E-state index is 0.0500. The largest absolute Gasteiger partial charge is 0.548 e. The van der Waals surface area contributed by atoms with E-state index in [2.05, 4.69) is 21.0 Å². The van der Waals surface area contributed by atoms with Crippen molar-refractivity contribution in [2.45, 2.75) is 84.2 Å². The summed E-state index contributed by atoms with van der Waals surface area (Å²) >= 11 is 0. The Balaban J connectivity index is 3.52. The van der Waals surface area contributed by atoms with Crippen molar-refractivity contribution >= 4 is 5.97 Å². The molecule has 0 bridgehead atoms. The highest BCUT2D eigenvalue weighted by Gasteiger charge is 2.19. The Hall–Kier alpha value is -0.610. The van der Waals surface area contributed by atoms with Gasteiger partial charge in [-0.2, -0.15) is 0 Å². The van der Waals surface area contributed by atoms with Crippen LogP contribution in [0.3, 0.4) is 0 Å². The van der Waals surface area contributed by atoms with Gasteiger partial charge in [0.15, 0.2) is 0 Å². The number of nitrogens with zero attached hydrogens (tertiary/aromatic N) is 1. The molecule has 0 aliphatic rings. The summed E-state index contributed by atoms with van der Waals surface area (Å²) in [6.07, 6.45) is 13.5. The quantitative estimate of drug-likeness (QED) is 0.323. The van der Waals surface area contributed by atoms with E-state index >= 15 is 0 Å². The fourth-order valence-electron chi connectivity index (χ4n) is 3.08. The van der Waals surface area contributed by atoms with Crippen LogP contribution < -0.4 is 5.11 Å². The molecule has 0 heterocycles. The van der Waals surface area contributed by atoms with Crippen LogP contribution in [0.15, 0.2) is 0 Å². The van der Waals surface area contributed by atoms with E-state index in [9.17, 15) is 9.90 Å². The van der Waals surface area contributed by atoms with E-state index in [1.165, 1.54) is 64.2 Å². The number of carbonyl (C=O) groups is 1. The van der Waals surface area contributed by atoms with Gasteiger partial charge in [-0.05, 0) is 19.8 Å². The predicted molar refractivity (Wildman–Crippen MR) is 94.1 cm³/mol. The van der Waals surface area contributed by atoms with Crippen molar-refractivity contribution in [2.24, 2.45) is 0 Å². The first kappa shape index (κ1) is 22.4. The summed E-state index contributed by atoms with van der Waals surface area (Å²) in [6, 6.07) is 0. The van der Waals surface area contributed by atoms with Gasteiger partial charge >= 0.3 is 0 Å². The third kappa shape index (κ3) is 16.0. The average Bonchev–Trinajstić information content (AvgIpc) is 2.46. The van der Waals surface area contributed by atoms with Gasteiger partial charge in [-0.15, -0.1) is 0 Å². The van der Waals surface area contributed by atoms with E-state index in [1.807, 2.05) is 6.92 Å². The van der Waals surface area contributed by atoms with E-state index in [0.29, 0.717) is 0 Å². The molecule has 0 amide bonds. The van der Waals surface area contributed by atoms with Crippen LogP contribution >= 0.6 is 0 Å². The van der Waals surface area contributed by atoms with Crippen LogP contribution in [-0.2, 0) is 9.53 Å². The number of ether oxygens (including phenoxy) is 1. The molecule has 1 unspecified atom stereocenters. The highest BCUT2D eigenvalue weighted by molar-refractivity contribution is 5.65. The van der Waals surface area contributed by atoms with Crippen molar-refractivity contribution in [3.8, 4) is 0 Å². The van der Waals surface area contributed by atoms with Crippen molar-refractivity contribution in [1.82, 2.24) is 0 Å². The standard InChI is InChI=1S/C19H39NO3/c1-5-6-7-8-9-10-11-12-13-14-15-20(3,4)16-18(2)23-17-19(21)22/h18H,5-17H2,1-4H3. The molecule has 0 aliphatic carbocycles. The van der Waals surface area contributed by atoms with Crippen LogP contribution in [0.5, 0.6) is 0 Å². The minimum atomic E-state index is -1.14. The van der Waals surface area contributed by atoms with E-state index in [4.69, 9.17) is 4.74 Å². The second-order valence-corrected chi connectivity index (χ2v) is 7.52. The molecule has 0 spiro atoms. The summed E-state index contributed by atoms with van der Waals surface area (Å²) in [5.41, 5.74) is 0. The van der Waals surface area contributed by atoms with Gasteiger partial charge < -0.3 is 19.1 Å². The zero-order valence-electron chi connectivity index (χ0n) is 15.9. The van der Waals surface area contributed by atoms with Gasteiger partial charge in [0.05, 0.1) is 33.2 Å². The number of aliphatic carboxylic acids is 1. The molecule has 0 rings (SSSR count). The lowest BCUT2D eigenvalue weighted by Crippen LogP contribution is -2.46. The number of unbranched alkanes of at least 4 members (excludes halogenated alkanes) is 9. The summed E-state index contributed by atoms with van der Waals surface area (Å²) in [6.45, 7) is 5.84. The topological polar surface area (TPSA) is 49.4 Å². The molecule has 0 radical (unpaired) electrons. The lowest BCUT2D eigenvalue weighted by Gasteiger charge is -2.32. The molecular formula is C19H39NO3. The van der Waals surface area contributed by atoms with Crippen molar-refractivity contribution < 1.29 is 19.1 Å². The second-order valence-electron chi connectivity index (χ2n) is 7.52. The fourth-order valence-corrected chi connectivity index (χ4v) is 3.08. The normalized spacial score (nSPS) is 13.2. The molecule has 0 aromatic heterocycles. The van der Waals surface area contributed by atoms with Crippen LogP contribution in [0, 0.1) is 0 Å². The molecule has 0 aliphatic heterocycles. The van der Waals surface area contributed by atoms with Gasteiger partial charge in [-0.25, -0.2) is 0 Å². The first-order valence-corrected chi connectivity index (χ1v) is 9.51. The molecular weight excluding hydrogens is 290 g/mol. The van der Waals surface area contributed by atoms with E-state index < -0.39 is 5.97 Å². The number of rotatable bonds is 16. The molecule has 23 heavy (non-hydrogen) atoms. The number of carboxylic acid groups (broad SMARTS) is 1. The fraction of sp³-hybridized carbons (Fsp3) is 0.947. The molecule has 1 atom stereocenters. The number of carboxylic acids is 1. The van der Waals surface area contributed by atoms with Crippen molar-refractivity contribution in [1.29, 1.82) is 0 Å². The Bertz CT molecular complexity index is 292. The zero-order valence-corrected chi connectivity index (χ0v) is 15.9. The summed E-state index contributed by atoms with van der Waals surface area (Å²) in [5.74, 6) is -1.14. The van der Waals surface area contributed by atoms with Crippen LogP contribution in [0.4, 0.5) is 0 Å². The number of hydrogen-bond donors (Lipinski definition) is 0. The third-order valence-electron chi connectivity index (χ3n) is 4.35. The number of carbonyl (C=O) groups excluding carboxylic acids is 1. The van der Waals surface area contributed by atoms with Crippen LogP contribution in [0.25, 0.3) is 0 Å². The van der Waals surface area contributed by atoms with Gasteiger partial charge in [0, 0.05) is 0 Å². The molecule has 0 N–H and O–H groups in total. The minimum Gasteiger partial charge on any atom is -0.548 e. The van der Waals surface area contributed by atoms with Gasteiger partial charge in [0.2, 0.25) is 0 Å². The Kier molecular flexibility index (Phi) is 13.4. The van der Waals surface area contributed by atoms with Gasteiger partial charge in [0.25, 0.3) is 0 Å². The summed E-state index contributed by atoms with van der Waals surface area (Å²) in [5, 5.41) is 10.4. The molecule has 0 fully saturated rings. The number of quaternary nitrogens is 1. The molecule has 4 nitrogen and oxygen atoms in total. The van der Waals surface area contributed by atoms with Crippen molar-refractivity contribution in [3.63, 3.8) is 0 Å². The van der Waals surface area contributed by atoms with Crippen LogP contribution in [-0.4, -0.2) is 50.3 Å². The van der Waals surface area contributed by atoms with Crippen LogP contribution in [0.1, 0.15) is 78.1 Å². The summed E-state index contributed by atoms with van der Waals surface area (Å²) in [7, 11) is 4.37. The van der Waals surface area contributed by atoms with E-state index in [0.717, 1.165) is 17.6 Å². The smallest absolute Gasteiger partial charge is 0.105 e. The first-order chi connectivity index (χ1) is 10.9. The summed E-state index contributed by atoms with van der Waals surface area (Å²) in [4.78, 5) is 10.4. The summed E-state index contributed by atoms with van der Waals surface area (Å²) < 4.78 is 6.14. The maximum Gasteiger partial charge on any atom is 0.105 e. The van der Waals surface area contributed by atoms with Crippen molar-refractivity contribution in [2.75, 3.05) is 33.8 Å². The maximum atomic E-state index is 10.4. The Labute approximate surface area is 143 Å². The van der Waals surface area contributed by atoms with Gasteiger partial charge in [0.1, 0.15) is 12.6 Å². The van der Waals surface area contributed by atoms with E-state index in [1.54, 1.807) is 0 Å². The van der Waals surface area contributed by atoms with Gasteiger partial charge in [-0.1, -0.05) is 58.3 Å². The second kappa shape index (κ2) is 13.8. The Morgan fingerprint density at radius 3 is 1.91 bits per heavy atom. The third-order valence-corrected chi connectivity index (χ3v) is 4.35. The molecule has 0 saturated heterocycles.